The summed E-state index contributed by atoms with van der Waals surface area (Å²) >= 11 is 6.35. The third kappa shape index (κ3) is 5.23. The molecule has 2 aromatic carbocycles. The Morgan fingerprint density at radius 2 is 1.98 bits per heavy atom. The van der Waals surface area contributed by atoms with Gasteiger partial charge in [-0.3, -0.25) is 9.88 Å². The van der Waals surface area contributed by atoms with E-state index >= 15 is 4.39 Å². The van der Waals surface area contributed by atoms with Crippen molar-refractivity contribution in [3.05, 3.63) is 47.1 Å². The molecule has 4 aromatic rings. The number of aromatic hydroxyl groups is 1. The van der Waals surface area contributed by atoms with Crippen molar-refractivity contribution in [2.75, 3.05) is 44.2 Å². The first-order chi connectivity index (χ1) is 22.4. The van der Waals surface area contributed by atoms with Crippen LogP contribution in [-0.4, -0.2) is 90.0 Å². The van der Waals surface area contributed by atoms with Crippen LogP contribution in [0.1, 0.15) is 32.1 Å². The molecule has 0 amide bonds. The van der Waals surface area contributed by atoms with Crippen LogP contribution >= 0.6 is 11.6 Å². The zero-order chi connectivity index (χ0) is 32.7. The van der Waals surface area contributed by atoms with E-state index in [-0.39, 0.29) is 64.0 Å². The molecule has 4 aliphatic heterocycles. The normalized spacial score (nSPS) is 27.3. The van der Waals surface area contributed by atoms with Gasteiger partial charge >= 0.3 is 6.01 Å². The van der Waals surface area contributed by atoms with Gasteiger partial charge in [0.2, 0.25) is 0 Å². The molecule has 0 aliphatic carbocycles. The minimum atomic E-state index is -3.66. The average Bonchev–Trinajstić information content (AvgIpc) is 3.66. The Morgan fingerprint density at radius 1 is 1.15 bits per heavy atom. The van der Waals surface area contributed by atoms with E-state index in [9.17, 15) is 22.3 Å². The van der Waals surface area contributed by atoms with Crippen molar-refractivity contribution < 1.29 is 31.4 Å². The van der Waals surface area contributed by atoms with Crippen molar-refractivity contribution in [3.8, 4) is 23.0 Å². The van der Waals surface area contributed by atoms with Gasteiger partial charge in [-0.1, -0.05) is 17.7 Å². The predicted octanol–water partition coefficient (Wildman–Crippen LogP) is 4.21. The maximum atomic E-state index is 16.8. The lowest BCUT2D eigenvalue weighted by Gasteiger charge is -2.40. The summed E-state index contributed by atoms with van der Waals surface area (Å²) in [4.78, 5) is 17.5. The van der Waals surface area contributed by atoms with Gasteiger partial charge in [0.25, 0.3) is 10.2 Å². The molecule has 16 heteroatoms. The van der Waals surface area contributed by atoms with Gasteiger partial charge in [0.05, 0.1) is 21.5 Å². The van der Waals surface area contributed by atoms with Crippen LogP contribution in [0.4, 0.5) is 19.0 Å². The quantitative estimate of drug-likeness (QED) is 0.282. The predicted molar refractivity (Wildman–Crippen MR) is 170 cm³/mol. The molecule has 4 saturated heterocycles. The van der Waals surface area contributed by atoms with Crippen molar-refractivity contribution in [1.29, 1.82) is 0 Å². The largest absolute Gasteiger partial charge is 0.508 e. The first-order valence-electron chi connectivity index (χ1n) is 15.5. The second-order valence-corrected chi connectivity index (χ2v) is 14.9. The molecule has 11 nitrogen and oxygen atoms in total. The van der Waals surface area contributed by atoms with Crippen molar-refractivity contribution >= 4 is 49.3 Å². The number of aromatic nitrogens is 3. The summed E-state index contributed by atoms with van der Waals surface area (Å²) < 4.78 is 81.8. The van der Waals surface area contributed by atoms with Gasteiger partial charge in [-0.05, 0) is 55.8 Å². The molecule has 4 aliphatic rings. The van der Waals surface area contributed by atoms with E-state index in [1.807, 2.05) is 4.90 Å². The summed E-state index contributed by atoms with van der Waals surface area (Å²) in [5.74, 6) is -1.48. The number of piperidine rings is 1. The third-order valence-corrected chi connectivity index (χ3v) is 11.5. The van der Waals surface area contributed by atoms with E-state index in [2.05, 4.69) is 24.3 Å². The first kappa shape index (κ1) is 30.8. The number of hydrogen-bond donors (Lipinski definition) is 3. The molecule has 0 radical (unpaired) electrons. The first-order valence-corrected chi connectivity index (χ1v) is 17.3. The third-order valence-electron chi connectivity index (χ3n) is 9.95. The number of hydrogen-bond acceptors (Lipinski definition) is 9. The number of pyridine rings is 1. The highest BCUT2D eigenvalue weighted by Crippen LogP contribution is 2.43. The number of benzene rings is 2. The average molecular weight is 690 g/mol. The fourth-order valence-electron chi connectivity index (χ4n) is 7.86. The number of nitrogens with one attached hydrogen (secondary N) is 2. The van der Waals surface area contributed by atoms with E-state index in [1.54, 1.807) is 0 Å². The molecule has 2 aromatic heterocycles. The maximum absolute atomic E-state index is 16.8. The van der Waals surface area contributed by atoms with Crippen molar-refractivity contribution in [2.45, 2.75) is 49.4 Å². The van der Waals surface area contributed by atoms with Crippen molar-refractivity contribution in [2.24, 2.45) is 0 Å². The fourth-order valence-corrected chi connectivity index (χ4v) is 9.48. The van der Waals surface area contributed by atoms with E-state index in [4.69, 9.17) is 21.3 Å². The lowest BCUT2D eigenvalue weighted by Crippen LogP contribution is -2.56. The summed E-state index contributed by atoms with van der Waals surface area (Å²) in [6.07, 6.45) is 3.61. The Hall–Kier alpha value is -3.50. The van der Waals surface area contributed by atoms with Crippen LogP contribution in [0.2, 0.25) is 5.02 Å². The minimum Gasteiger partial charge on any atom is -0.508 e. The number of anilines is 1. The van der Waals surface area contributed by atoms with Gasteiger partial charge < -0.3 is 14.7 Å². The Balaban J connectivity index is 1.26. The van der Waals surface area contributed by atoms with Gasteiger partial charge in [0.1, 0.15) is 41.4 Å². The van der Waals surface area contributed by atoms with Crippen LogP contribution in [0, 0.1) is 11.6 Å². The van der Waals surface area contributed by atoms with Crippen LogP contribution in [0.3, 0.4) is 0 Å². The topological polar surface area (TPSA) is 133 Å². The van der Waals surface area contributed by atoms with E-state index in [0.717, 1.165) is 25.5 Å². The maximum Gasteiger partial charge on any atom is 0.319 e. The Morgan fingerprint density at radius 3 is 2.79 bits per heavy atom. The summed E-state index contributed by atoms with van der Waals surface area (Å²) in [7, 11) is -3.66. The zero-order valence-electron chi connectivity index (χ0n) is 25.1. The number of rotatable bonds is 5. The molecular weight excluding hydrogens is 659 g/mol. The molecule has 0 unspecified atom stereocenters. The molecule has 3 atom stereocenters. The highest BCUT2D eigenvalue weighted by atomic mass is 35.5. The standard InChI is InChI=1S/C31H31ClF3N7O4S/c32-24-22(34)4-3-17-9-19(43)10-20(23(17)24)26-25(35)27-21(12-36-26)28(41-7-1-5-30(15-41)14-37-47(44,45)40-30)39-29(38-27)46-16-31-6-2-8-42(31)13-18(33)11-31/h3-4,9-10,12,18,37,40,43H,1-2,5-8,11,13-16H2/t18-,30+,31+/m1/s1. The number of phenolic OH excluding ortho intramolecular Hbond substituents is 1. The number of alkyl halides is 1. The van der Waals surface area contributed by atoms with E-state index in [1.165, 1.54) is 24.4 Å². The number of halogens is 4. The summed E-state index contributed by atoms with van der Waals surface area (Å²) in [5, 5.41) is 11.0. The molecular formula is C31H31ClF3N7O4S. The monoisotopic (exact) mass is 689 g/mol. The van der Waals surface area contributed by atoms with Crippen molar-refractivity contribution in [1.82, 2.24) is 29.3 Å². The second kappa shape index (κ2) is 11.0. The summed E-state index contributed by atoms with van der Waals surface area (Å²) in [6.45, 7) is 2.11. The smallest absolute Gasteiger partial charge is 0.319 e. The highest BCUT2D eigenvalue weighted by Gasteiger charge is 2.49. The van der Waals surface area contributed by atoms with E-state index < -0.39 is 39.1 Å². The summed E-state index contributed by atoms with van der Waals surface area (Å²) in [6, 6.07) is 5.12. The molecule has 8 rings (SSSR count). The van der Waals surface area contributed by atoms with Gasteiger partial charge in [0, 0.05) is 49.7 Å². The Kier molecular flexibility index (Phi) is 7.22. The molecule has 0 bridgehead atoms. The minimum absolute atomic E-state index is 0.0651. The molecule has 47 heavy (non-hydrogen) atoms. The SMILES string of the molecule is O=S1(=O)NC[C@]2(CCCN(c3nc(OC[C@@]45CCCN4C[C@H](F)C5)nc4c(F)c(-c5cc(O)cc6ccc(F)c(Cl)c56)ncc34)C2)N1. The van der Waals surface area contributed by atoms with Crippen LogP contribution in [0.5, 0.6) is 11.8 Å². The number of ether oxygens (including phenoxy) is 1. The molecule has 6 heterocycles. The van der Waals surface area contributed by atoms with Gasteiger partial charge in [-0.15, -0.1) is 0 Å². The highest BCUT2D eigenvalue weighted by molar-refractivity contribution is 7.87. The second-order valence-electron chi connectivity index (χ2n) is 13.1. The Labute approximate surface area is 273 Å². The zero-order valence-corrected chi connectivity index (χ0v) is 26.6. The molecule has 1 spiro atoms. The summed E-state index contributed by atoms with van der Waals surface area (Å²) in [5.41, 5.74) is -1.61. The lowest BCUT2D eigenvalue weighted by molar-refractivity contribution is 0.107. The van der Waals surface area contributed by atoms with Crippen LogP contribution in [0.25, 0.3) is 32.9 Å². The molecule has 4 fully saturated rings. The van der Waals surface area contributed by atoms with Gasteiger partial charge in [-0.25, -0.2) is 17.9 Å². The number of fused-ring (bicyclic) bond motifs is 3. The van der Waals surface area contributed by atoms with Gasteiger partial charge in [-0.2, -0.15) is 23.1 Å². The van der Waals surface area contributed by atoms with Crippen LogP contribution < -0.4 is 19.1 Å². The number of phenols is 1. The lowest BCUT2D eigenvalue weighted by atomic mass is 9.90. The fraction of sp³-hybridized carbons (Fsp3) is 0.452. The Bertz CT molecular complexity index is 2060. The molecule has 0 saturated carbocycles. The van der Waals surface area contributed by atoms with Crippen LogP contribution in [0.15, 0.2) is 30.5 Å². The molecule has 248 valence electrons. The van der Waals surface area contributed by atoms with E-state index in [0.29, 0.717) is 43.6 Å². The molecule has 3 N–H and O–H groups in total. The van der Waals surface area contributed by atoms with Gasteiger partial charge in [0.15, 0.2) is 5.82 Å². The number of nitrogens with zero attached hydrogens (tertiary/aromatic N) is 5. The van der Waals surface area contributed by atoms with Crippen molar-refractivity contribution in [3.63, 3.8) is 0 Å². The van der Waals surface area contributed by atoms with Crippen LogP contribution in [-0.2, 0) is 10.2 Å².